The van der Waals surface area contributed by atoms with Crippen LogP contribution in [0.3, 0.4) is 0 Å². The maximum Gasteiger partial charge on any atom is 0.290 e. The summed E-state index contributed by atoms with van der Waals surface area (Å²) in [4.78, 5) is 28.9. The van der Waals surface area contributed by atoms with Gasteiger partial charge in [-0.3, -0.25) is 9.48 Å². The van der Waals surface area contributed by atoms with Crippen LogP contribution < -0.4 is 5.32 Å². The molecule has 0 unspecified atom stereocenters. The number of carbonyl (C=O) groups is 1. The highest BCUT2D eigenvalue weighted by Gasteiger charge is 2.55. The summed E-state index contributed by atoms with van der Waals surface area (Å²) in [6, 6.07) is 4.95. The van der Waals surface area contributed by atoms with E-state index in [1.807, 2.05) is 0 Å². The molecule has 0 bridgehead atoms. The maximum absolute atomic E-state index is 14.9. The third-order valence-corrected chi connectivity index (χ3v) is 7.43. The van der Waals surface area contributed by atoms with Crippen LogP contribution in [0.4, 0.5) is 35.1 Å². The third-order valence-electron chi connectivity index (χ3n) is 7.43. The van der Waals surface area contributed by atoms with Crippen LogP contribution in [-0.2, 0) is 29.6 Å². The summed E-state index contributed by atoms with van der Waals surface area (Å²) >= 11 is 0. The van der Waals surface area contributed by atoms with Crippen molar-refractivity contribution in [2.45, 2.75) is 50.1 Å². The van der Waals surface area contributed by atoms with Gasteiger partial charge in [-0.1, -0.05) is 0 Å². The summed E-state index contributed by atoms with van der Waals surface area (Å²) in [5.41, 5.74) is -2.99. The van der Waals surface area contributed by atoms with Gasteiger partial charge in [0.2, 0.25) is 5.91 Å². The molecule has 4 heterocycles. The molecule has 1 amide bonds. The average molecular weight is 636 g/mol. The summed E-state index contributed by atoms with van der Waals surface area (Å²) in [7, 11) is 0. The van der Waals surface area contributed by atoms with Gasteiger partial charge in [-0.15, -0.1) is 0 Å². The lowest BCUT2D eigenvalue weighted by Crippen LogP contribution is -2.37. The van der Waals surface area contributed by atoms with Gasteiger partial charge in [0.1, 0.15) is 41.5 Å². The topological polar surface area (TPSA) is 101 Å². The van der Waals surface area contributed by atoms with Crippen LogP contribution in [0.15, 0.2) is 55.2 Å². The van der Waals surface area contributed by atoms with E-state index in [0.29, 0.717) is 28.2 Å². The van der Waals surface area contributed by atoms with Gasteiger partial charge < -0.3 is 10.3 Å². The second kappa shape index (κ2) is 11.2. The van der Waals surface area contributed by atoms with E-state index < -0.39 is 78.2 Å². The lowest BCUT2D eigenvalue weighted by atomic mass is 9.89. The van der Waals surface area contributed by atoms with Crippen molar-refractivity contribution < 1.29 is 39.9 Å². The van der Waals surface area contributed by atoms with Crippen molar-refractivity contribution in [1.82, 2.24) is 35.0 Å². The first-order valence-corrected chi connectivity index (χ1v) is 13.5. The lowest BCUT2D eigenvalue weighted by Gasteiger charge is -2.29. The standard InChI is InChI=1S/C29H21F8N7O/c30-17-5-14(6-18(31)9-17)7-20(23-19(11-38-13-41-23)16-8-15-1-4-39-27(15)40-10-16)42-21(45)12-44-25-22(24(43-44)26(32)33)28(34,35)2-3-29(25,36)37/h1,4-6,8-11,13,20,26H,2-3,7,12H2,(H,39,40)(H,42,45)/t20-/m0/s1. The molecule has 45 heavy (non-hydrogen) atoms. The van der Waals surface area contributed by atoms with Crippen molar-refractivity contribution in [3.05, 3.63) is 95.1 Å². The largest absolute Gasteiger partial charge is 0.346 e. The summed E-state index contributed by atoms with van der Waals surface area (Å²) < 4.78 is 115. The minimum Gasteiger partial charge on any atom is -0.346 e. The van der Waals surface area contributed by atoms with E-state index in [4.69, 9.17) is 0 Å². The molecule has 1 atom stereocenters. The zero-order chi connectivity index (χ0) is 32.1. The Labute approximate surface area is 248 Å². The quantitative estimate of drug-likeness (QED) is 0.190. The van der Waals surface area contributed by atoms with Crippen molar-refractivity contribution in [2.75, 3.05) is 0 Å². The second-order valence-electron chi connectivity index (χ2n) is 10.5. The van der Waals surface area contributed by atoms with Crippen LogP contribution in [0.1, 0.15) is 53.5 Å². The van der Waals surface area contributed by atoms with Crippen molar-refractivity contribution in [3.8, 4) is 11.1 Å². The molecule has 0 saturated heterocycles. The molecule has 5 aromatic rings. The van der Waals surface area contributed by atoms with Gasteiger partial charge in [-0.25, -0.2) is 41.3 Å². The first-order chi connectivity index (χ1) is 21.3. The predicted molar refractivity (Wildman–Crippen MR) is 142 cm³/mol. The Bertz CT molecular complexity index is 1880. The normalized spacial score (nSPS) is 16.1. The van der Waals surface area contributed by atoms with Crippen LogP contribution >= 0.6 is 0 Å². The smallest absolute Gasteiger partial charge is 0.290 e. The van der Waals surface area contributed by atoms with E-state index in [1.165, 1.54) is 12.4 Å². The first kappa shape index (κ1) is 30.1. The molecule has 2 N–H and O–H groups in total. The van der Waals surface area contributed by atoms with Crippen molar-refractivity contribution >= 4 is 16.9 Å². The Morgan fingerprint density at radius 2 is 1.71 bits per heavy atom. The van der Waals surface area contributed by atoms with E-state index in [9.17, 15) is 39.9 Å². The monoisotopic (exact) mass is 635 g/mol. The molecule has 1 aliphatic rings. The number of aromatic nitrogens is 6. The number of H-pyrrole nitrogens is 1. The number of fused-ring (bicyclic) bond motifs is 2. The summed E-state index contributed by atoms with van der Waals surface area (Å²) in [6.07, 6.45) is -0.911. The van der Waals surface area contributed by atoms with E-state index >= 15 is 0 Å². The molecule has 1 aliphatic carbocycles. The number of hydrogen-bond donors (Lipinski definition) is 2. The molecule has 0 radical (unpaired) electrons. The van der Waals surface area contributed by atoms with Gasteiger partial charge in [0, 0.05) is 54.0 Å². The van der Waals surface area contributed by atoms with Crippen LogP contribution in [-0.4, -0.2) is 35.6 Å². The Kier molecular flexibility index (Phi) is 7.53. The van der Waals surface area contributed by atoms with Crippen molar-refractivity contribution in [1.29, 1.82) is 0 Å². The molecule has 0 fully saturated rings. The molecule has 16 heteroatoms. The molecular weight excluding hydrogens is 614 g/mol. The third kappa shape index (κ3) is 5.83. The Hall–Kier alpha value is -4.89. The lowest BCUT2D eigenvalue weighted by molar-refractivity contribution is -0.123. The first-order valence-electron chi connectivity index (χ1n) is 13.5. The minimum atomic E-state index is -4.02. The molecule has 234 valence electrons. The highest BCUT2D eigenvalue weighted by Crippen LogP contribution is 2.52. The fourth-order valence-corrected chi connectivity index (χ4v) is 5.52. The van der Waals surface area contributed by atoms with Crippen LogP contribution in [0.5, 0.6) is 0 Å². The van der Waals surface area contributed by atoms with Crippen LogP contribution in [0.25, 0.3) is 22.2 Å². The van der Waals surface area contributed by atoms with Gasteiger partial charge in [-0.2, -0.15) is 13.9 Å². The highest BCUT2D eigenvalue weighted by molar-refractivity contribution is 5.82. The minimum absolute atomic E-state index is 0.0733. The fraction of sp³-hybridized carbons (Fsp3) is 0.276. The zero-order valence-corrected chi connectivity index (χ0v) is 22.8. The van der Waals surface area contributed by atoms with E-state index in [2.05, 4.69) is 30.4 Å². The SMILES string of the molecule is O=C(Cn1nc(C(F)F)c2c1C(F)(F)CCC2(F)F)N[C@@H](Cc1cc(F)cc(F)c1)c1ncncc1-c1cnc2[nH]ccc2c1. The molecule has 8 nitrogen and oxygen atoms in total. The molecule has 0 saturated carbocycles. The average Bonchev–Trinajstić information content (AvgIpc) is 3.60. The van der Waals surface area contributed by atoms with E-state index in [0.717, 1.165) is 18.5 Å². The van der Waals surface area contributed by atoms with E-state index in [-0.39, 0.29) is 22.4 Å². The van der Waals surface area contributed by atoms with Gasteiger partial charge in [0.05, 0.1) is 17.3 Å². The Morgan fingerprint density at radius 3 is 2.44 bits per heavy atom. The summed E-state index contributed by atoms with van der Waals surface area (Å²) in [6.45, 7) is -1.15. The van der Waals surface area contributed by atoms with Crippen LogP contribution in [0, 0.1) is 11.6 Å². The zero-order valence-electron chi connectivity index (χ0n) is 22.8. The second-order valence-corrected chi connectivity index (χ2v) is 10.5. The summed E-state index contributed by atoms with van der Waals surface area (Å²) in [5, 5.41) is 6.55. The van der Waals surface area contributed by atoms with Gasteiger partial charge in [-0.05, 0) is 36.2 Å². The van der Waals surface area contributed by atoms with Crippen molar-refractivity contribution in [3.63, 3.8) is 0 Å². The molecule has 1 aromatic carbocycles. The highest BCUT2D eigenvalue weighted by atomic mass is 19.3. The number of rotatable bonds is 8. The van der Waals surface area contributed by atoms with Gasteiger partial charge in [0.15, 0.2) is 0 Å². The number of amides is 1. The van der Waals surface area contributed by atoms with Gasteiger partial charge in [0.25, 0.3) is 18.3 Å². The number of carbonyl (C=O) groups excluding carboxylic acids is 1. The van der Waals surface area contributed by atoms with Crippen LogP contribution in [0.2, 0.25) is 0 Å². The molecule has 0 aliphatic heterocycles. The molecule has 6 rings (SSSR count). The molecule has 4 aromatic heterocycles. The molecule has 0 spiro atoms. The number of aromatic amines is 1. The summed E-state index contributed by atoms with van der Waals surface area (Å²) in [5.74, 6) is -10.9. The number of alkyl halides is 6. The number of halogens is 8. The number of hydrogen-bond acceptors (Lipinski definition) is 5. The fourth-order valence-electron chi connectivity index (χ4n) is 5.52. The maximum atomic E-state index is 14.9. The number of nitrogens with zero attached hydrogens (tertiary/aromatic N) is 5. The molecular formula is C29H21F8N7O. The van der Waals surface area contributed by atoms with Crippen molar-refractivity contribution in [2.24, 2.45) is 0 Å². The van der Waals surface area contributed by atoms with Gasteiger partial charge >= 0.3 is 0 Å². The number of benzene rings is 1. The Balaban J connectivity index is 1.39. The number of pyridine rings is 1. The Morgan fingerprint density at radius 1 is 0.978 bits per heavy atom. The predicted octanol–water partition coefficient (Wildman–Crippen LogP) is 6.51. The number of nitrogens with one attached hydrogen (secondary N) is 2. The van der Waals surface area contributed by atoms with E-state index in [1.54, 1.807) is 18.3 Å².